The van der Waals surface area contributed by atoms with Gasteiger partial charge >= 0.3 is 0 Å². The standard InChI is InChI=1S/C18H19N5O/c1-2-3-7-12-22-16-14(10-11-19-16)17(24)23-15(20-21-18(22)23)13-8-5-4-6-9-13/h4-6,8-9,11H,2-3,7,10,12H2,1H3. The maximum absolute atomic E-state index is 12.9. The van der Waals surface area contributed by atoms with Gasteiger partial charge < -0.3 is 0 Å². The van der Waals surface area contributed by atoms with E-state index in [1.807, 2.05) is 34.9 Å². The van der Waals surface area contributed by atoms with Crippen molar-refractivity contribution in [2.24, 2.45) is 4.99 Å². The highest BCUT2D eigenvalue weighted by atomic mass is 16.1. The van der Waals surface area contributed by atoms with Gasteiger partial charge in [0.05, 0.1) is 5.56 Å². The molecular weight excluding hydrogens is 302 g/mol. The van der Waals surface area contributed by atoms with E-state index < -0.39 is 0 Å². The molecule has 4 rings (SSSR count). The van der Waals surface area contributed by atoms with Crippen LogP contribution in [-0.2, 0) is 13.0 Å². The molecule has 0 fully saturated rings. The lowest BCUT2D eigenvalue weighted by Gasteiger charge is -2.12. The van der Waals surface area contributed by atoms with E-state index >= 15 is 0 Å². The van der Waals surface area contributed by atoms with Crippen LogP contribution >= 0.6 is 0 Å². The van der Waals surface area contributed by atoms with Crippen LogP contribution in [0.3, 0.4) is 0 Å². The Labute approximate surface area is 139 Å². The number of aliphatic imine (C=N–C) groups is 1. The minimum absolute atomic E-state index is 0.0619. The fourth-order valence-corrected chi connectivity index (χ4v) is 3.18. The predicted molar refractivity (Wildman–Crippen MR) is 94.1 cm³/mol. The molecule has 0 N–H and O–H groups in total. The number of rotatable bonds is 5. The largest absolute Gasteiger partial charge is 0.294 e. The first kappa shape index (κ1) is 14.8. The summed E-state index contributed by atoms with van der Waals surface area (Å²) in [7, 11) is 0. The Morgan fingerprint density at radius 2 is 1.96 bits per heavy atom. The molecule has 0 bridgehead atoms. The third kappa shape index (κ3) is 2.26. The van der Waals surface area contributed by atoms with Crippen LogP contribution in [0.4, 0.5) is 5.82 Å². The highest BCUT2D eigenvalue weighted by molar-refractivity contribution is 5.75. The molecule has 0 spiro atoms. The summed E-state index contributed by atoms with van der Waals surface area (Å²) in [6.07, 6.45) is 5.69. The second kappa shape index (κ2) is 6.03. The van der Waals surface area contributed by atoms with Crippen molar-refractivity contribution in [1.82, 2.24) is 19.2 Å². The maximum Gasteiger partial charge on any atom is 0.266 e. The highest BCUT2D eigenvalue weighted by Crippen LogP contribution is 2.26. The molecule has 0 saturated heterocycles. The Morgan fingerprint density at radius 3 is 2.75 bits per heavy atom. The molecule has 0 atom stereocenters. The van der Waals surface area contributed by atoms with Crippen molar-refractivity contribution in [3.05, 3.63) is 46.2 Å². The topological polar surface area (TPSA) is 64.5 Å². The molecule has 1 aliphatic rings. The summed E-state index contributed by atoms with van der Waals surface area (Å²) in [6, 6.07) is 9.71. The Morgan fingerprint density at radius 1 is 1.12 bits per heavy atom. The number of fused-ring (bicyclic) bond motifs is 2. The van der Waals surface area contributed by atoms with Crippen LogP contribution in [0.5, 0.6) is 0 Å². The van der Waals surface area contributed by atoms with Crippen molar-refractivity contribution in [3.8, 4) is 11.4 Å². The van der Waals surface area contributed by atoms with E-state index in [1.165, 1.54) is 0 Å². The van der Waals surface area contributed by atoms with Gasteiger partial charge in [-0.1, -0.05) is 50.1 Å². The molecule has 0 radical (unpaired) electrons. The van der Waals surface area contributed by atoms with Crippen LogP contribution in [0.1, 0.15) is 31.7 Å². The summed E-state index contributed by atoms with van der Waals surface area (Å²) in [4.78, 5) is 17.4. The lowest BCUT2D eigenvalue weighted by atomic mass is 10.2. The lowest BCUT2D eigenvalue weighted by Crippen LogP contribution is -2.22. The molecule has 1 aromatic carbocycles. The molecule has 0 aliphatic carbocycles. The van der Waals surface area contributed by atoms with Gasteiger partial charge in [0.15, 0.2) is 5.82 Å². The minimum Gasteiger partial charge on any atom is -0.294 e. The van der Waals surface area contributed by atoms with Crippen LogP contribution in [0, 0.1) is 0 Å². The van der Waals surface area contributed by atoms with Crippen LogP contribution in [0.15, 0.2) is 40.1 Å². The van der Waals surface area contributed by atoms with Gasteiger partial charge in [-0.3, -0.25) is 9.36 Å². The van der Waals surface area contributed by atoms with Crippen LogP contribution in [0.25, 0.3) is 17.2 Å². The van der Waals surface area contributed by atoms with E-state index in [2.05, 4.69) is 22.1 Å². The summed E-state index contributed by atoms with van der Waals surface area (Å²) in [5, 5.41) is 8.61. The quantitative estimate of drug-likeness (QED) is 0.679. The number of unbranched alkanes of at least 4 members (excludes halogenated alkanes) is 2. The summed E-state index contributed by atoms with van der Waals surface area (Å²) in [5.41, 5.74) is 1.56. The molecule has 6 nitrogen and oxygen atoms in total. The zero-order chi connectivity index (χ0) is 16.5. The first-order chi connectivity index (χ1) is 11.8. The van der Waals surface area contributed by atoms with Crippen molar-refractivity contribution in [1.29, 1.82) is 0 Å². The predicted octanol–water partition coefficient (Wildman–Crippen LogP) is 3.01. The van der Waals surface area contributed by atoms with Crippen LogP contribution in [0.2, 0.25) is 0 Å². The first-order valence-corrected chi connectivity index (χ1v) is 8.40. The molecule has 1 aliphatic heterocycles. The number of aromatic nitrogens is 4. The van der Waals surface area contributed by atoms with E-state index in [9.17, 15) is 4.79 Å². The molecule has 3 heterocycles. The van der Waals surface area contributed by atoms with Gasteiger partial charge in [0.1, 0.15) is 5.82 Å². The van der Waals surface area contributed by atoms with Gasteiger partial charge in [0, 0.05) is 24.7 Å². The maximum atomic E-state index is 12.9. The Kier molecular flexibility index (Phi) is 3.72. The van der Waals surface area contributed by atoms with E-state index in [1.54, 1.807) is 10.6 Å². The molecule has 0 unspecified atom stereocenters. The van der Waals surface area contributed by atoms with Crippen molar-refractivity contribution in [3.63, 3.8) is 0 Å². The van der Waals surface area contributed by atoms with E-state index in [0.29, 0.717) is 18.0 Å². The van der Waals surface area contributed by atoms with Crippen molar-refractivity contribution in [2.75, 3.05) is 0 Å². The highest BCUT2D eigenvalue weighted by Gasteiger charge is 2.23. The van der Waals surface area contributed by atoms with Crippen molar-refractivity contribution >= 4 is 17.8 Å². The van der Waals surface area contributed by atoms with E-state index in [4.69, 9.17) is 0 Å². The smallest absolute Gasteiger partial charge is 0.266 e. The van der Waals surface area contributed by atoms with Crippen LogP contribution in [-0.4, -0.2) is 25.4 Å². The second-order valence-corrected chi connectivity index (χ2v) is 6.01. The molecule has 0 amide bonds. The lowest BCUT2D eigenvalue weighted by molar-refractivity contribution is 0.603. The monoisotopic (exact) mass is 321 g/mol. The van der Waals surface area contributed by atoms with Crippen LogP contribution < -0.4 is 5.56 Å². The zero-order valence-corrected chi connectivity index (χ0v) is 13.6. The third-order valence-electron chi connectivity index (χ3n) is 4.40. The van der Waals surface area contributed by atoms with Gasteiger partial charge in [-0.15, -0.1) is 10.2 Å². The summed E-state index contributed by atoms with van der Waals surface area (Å²) < 4.78 is 3.67. The van der Waals surface area contributed by atoms with E-state index in [0.717, 1.165) is 42.8 Å². The average molecular weight is 321 g/mol. The van der Waals surface area contributed by atoms with Gasteiger partial charge in [-0.05, 0) is 6.42 Å². The average Bonchev–Trinajstić information content (AvgIpc) is 3.26. The number of nitrogens with zero attached hydrogens (tertiary/aromatic N) is 5. The SMILES string of the molecule is CCCCCn1c2c(c(=O)n3c(-c4ccccc4)nnc13)CC=N2. The molecule has 0 saturated carbocycles. The second-order valence-electron chi connectivity index (χ2n) is 6.01. The molecule has 6 heteroatoms. The molecular formula is C18H19N5O. The number of hydrogen-bond acceptors (Lipinski definition) is 4. The van der Waals surface area contributed by atoms with Crippen molar-refractivity contribution < 1.29 is 0 Å². The molecule has 122 valence electrons. The summed E-state index contributed by atoms with van der Waals surface area (Å²) in [5.74, 6) is 1.91. The summed E-state index contributed by atoms with van der Waals surface area (Å²) >= 11 is 0. The Hall–Kier alpha value is -2.76. The van der Waals surface area contributed by atoms with Gasteiger partial charge in [0.25, 0.3) is 5.56 Å². The molecule has 24 heavy (non-hydrogen) atoms. The zero-order valence-electron chi connectivity index (χ0n) is 13.6. The fraction of sp³-hybridized carbons (Fsp3) is 0.333. The van der Waals surface area contributed by atoms with Gasteiger partial charge in [-0.2, -0.15) is 0 Å². The fourth-order valence-electron chi connectivity index (χ4n) is 3.18. The normalized spacial score (nSPS) is 12.9. The Balaban J connectivity index is 1.95. The van der Waals surface area contributed by atoms with Crippen molar-refractivity contribution in [2.45, 2.75) is 39.2 Å². The summed E-state index contributed by atoms with van der Waals surface area (Å²) in [6.45, 7) is 2.97. The minimum atomic E-state index is -0.0619. The number of benzene rings is 1. The Bertz CT molecular complexity index is 968. The first-order valence-electron chi connectivity index (χ1n) is 8.40. The van der Waals surface area contributed by atoms with Gasteiger partial charge in [-0.25, -0.2) is 9.39 Å². The molecule has 3 aromatic rings. The number of aryl methyl sites for hydroxylation is 1. The third-order valence-corrected chi connectivity index (χ3v) is 4.40. The van der Waals surface area contributed by atoms with Gasteiger partial charge in [0.2, 0.25) is 5.78 Å². The molecule has 2 aromatic heterocycles. The number of hydrogen-bond donors (Lipinski definition) is 0. The van der Waals surface area contributed by atoms with E-state index in [-0.39, 0.29) is 5.56 Å².